The van der Waals surface area contributed by atoms with Gasteiger partial charge in [0.15, 0.2) is 0 Å². The summed E-state index contributed by atoms with van der Waals surface area (Å²) in [6, 6.07) is 19.2. The molecule has 0 saturated carbocycles. The number of rotatable bonds is 3. The van der Waals surface area contributed by atoms with Gasteiger partial charge in [0, 0.05) is 11.5 Å². The second-order valence-corrected chi connectivity index (χ2v) is 8.23. The molecule has 2 aliphatic rings. The third kappa shape index (κ3) is 3.56. The van der Waals surface area contributed by atoms with Crippen LogP contribution in [0.2, 0.25) is 5.02 Å². The number of carbonyl (C=O) groups is 2. The van der Waals surface area contributed by atoms with Crippen LogP contribution in [-0.4, -0.2) is 41.8 Å². The first-order chi connectivity index (χ1) is 15.5. The summed E-state index contributed by atoms with van der Waals surface area (Å²) in [6.45, 7) is 0.924. The van der Waals surface area contributed by atoms with Gasteiger partial charge in [0.2, 0.25) is 0 Å². The van der Waals surface area contributed by atoms with E-state index in [1.54, 1.807) is 0 Å². The molecule has 1 aliphatic heterocycles. The van der Waals surface area contributed by atoms with E-state index in [1.165, 1.54) is 17.0 Å². The first kappa shape index (κ1) is 20.4. The lowest BCUT2D eigenvalue weighted by Gasteiger charge is -2.21. The molecule has 3 aromatic carbocycles. The Kier molecular flexibility index (Phi) is 5.23. The maximum atomic E-state index is 12.9. The molecule has 1 N–H and O–H groups in total. The molecule has 1 amide bonds. The highest BCUT2D eigenvalue weighted by Gasteiger charge is 2.30. The highest BCUT2D eigenvalue weighted by molar-refractivity contribution is 6.32. The molecule has 6 nitrogen and oxygen atoms in total. The van der Waals surface area contributed by atoms with E-state index >= 15 is 0 Å². The SMILES string of the molecule is O=C(O)c1cc(Cl)c2c(c1)CN(C(=O)OCC1c3ccccc3-c3ccccc31)CCO2. The quantitative estimate of drug-likeness (QED) is 0.596. The van der Waals surface area contributed by atoms with E-state index in [0.717, 1.165) is 22.3 Å². The molecular weight excluding hydrogens is 430 g/mol. The molecule has 1 heterocycles. The van der Waals surface area contributed by atoms with Crippen LogP contribution in [0.15, 0.2) is 60.7 Å². The average molecular weight is 450 g/mol. The van der Waals surface area contributed by atoms with Gasteiger partial charge in [0.1, 0.15) is 19.0 Å². The fraction of sp³-hybridized carbons (Fsp3) is 0.200. The van der Waals surface area contributed by atoms with Crippen LogP contribution in [0.1, 0.15) is 33.0 Å². The van der Waals surface area contributed by atoms with Crippen molar-refractivity contribution >= 4 is 23.7 Å². The molecule has 7 heteroatoms. The zero-order valence-corrected chi connectivity index (χ0v) is 17.8. The molecule has 0 fully saturated rings. The number of hydrogen-bond acceptors (Lipinski definition) is 4. The number of fused-ring (bicyclic) bond motifs is 4. The van der Waals surface area contributed by atoms with Crippen molar-refractivity contribution in [2.45, 2.75) is 12.5 Å². The Bertz CT molecular complexity index is 1180. The molecule has 0 radical (unpaired) electrons. The summed E-state index contributed by atoms with van der Waals surface area (Å²) < 4.78 is 11.4. The Labute approximate surface area is 189 Å². The van der Waals surface area contributed by atoms with Crippen molar-refractivity contribution in [3.05, 3.63) is 87.9 Å². The topological polar surface area (TPSA) is 76.1 Å². The minimum atomic E-state index is -1.09. The predicted molar refractivity (Wildman–Crippen MR) is 119 cm³/mol. The second kappa shape index (κ2) is 8.20. The summed E-state index contributed by atoms with van der Waals surface area (Å²) in [7, 11) is 0. The summed E-state index contributed by atoms with van der Waals surface area (Å²) in [5.74, 6) is -0.716. The van der Waals surface area contributed by atoms with Crippen molar-refractivity contribution in [1.29, 1.82) is 0 Å². The van der Waals surface area contributed by atoms with Crippen molar-refractivity contribution in [3.63, 3.8) is 0 Å². The lowest BCUT2D eigenvalue weighted by Crippen LogP contribution is -2.33. The van der Waals surface area contributed by atoms with Gasteiger partial charge >= 0.3 is 12.1 Å². The maximum Gasteiger partial charge on any atom is 0.410 e. The maximum absolute atomic E-state index is 12.9. The lowest BCUT2D eigenvalue weighted by molar-refractivity contribution is 0.0696. The van der Waals surface area contributed by atoms with Gasteiger partial charge in [-0.1, -0.05) is 60.1 Å². The molecule has 32 heavy (non-hydrogen) atoms. The lowest BCUT2D eigenvalue weighted by atomic mass is 9.98. The van der Waals surface area contributed by atoms with Gasteiger partial charge in [0.05, 0.1) is 23.7 Å². The Hall–Kier alpha value is -3.51. The second-order valence-electron chi connectivity index (χ2n) is 7.83. The first-order valence-electron chi connectivity index (χ1n) is 10.3. The van der Waals surface area contributed by atoms with Gasteiger partial charge in [-0.05, 0) is 34.4 Å². The monoisotopic (exact) mass is 449 g/mol. The number of halogens is 1. The molecular formula is C25H20ClNO5. The van der Waals surface area contributed by atoms with Crippen LogP contribution >= 0.6 is 11.6 Å². The van der Waals surface area contributed by atoms with E-state index in [9.17, 15) is 14.7 Å². The van der Waals surface area contributed by atoms with E-state index in [-0.39, 0.29) is 36.3 Å². The summed E-state index contributed by atoms with van der Waals surface area (Å²) in [6.07, 6.45) is -0.472. The summed E-state index contributed by atoms with van der Waals surface area (Å²) in [5, 5.41) is 9.53. The molecule has 162 valence electrons. The molecule has 1 aliphatic carbocycles. The fourth-order valence-electron chi connectivity index (χ4n) is 4.44. The standard InChI is InChI=1S/C25H20ClNO5/c26-22-12-15(24(28)29)11-16-13-27(9-10-31-23(16)22)25(30)32-14-21-19-7-3-1-5-17(19)18-6-2-4-8-20(18)21/h1-8,11-12,21H,9-10,13-14H2,(H,28,29). The molecule has 0 aromatic heterocycles. The Morgan fingerprint density at radius 3 is 2.38 bits per heavy atom. The first-order valence-corrected chi connectivity index (χ1v) is 10.7. The molecule has 3 aromatic rings. The summed E-state index contributed by atoms with van der Waals surface area (Å²) in [4.78, 5) is 25.8. The average Bonchev–Trinajstić information content (AvgIpc) is 2.95. The fourth-order valence-corrected chi connectivity index (χ4v) is 4.73. The number of aromatic carboxylic acids is 1. The van der Waals surface area contributed by atoms with Gasteiger partial charge < -0.3 is 19.5 Å². The van der Waals surface area contributed by atoms with Crippen molar-refractivity contribution in [1.82, 2.24) is 4.90 Å². The van der Waals surface area contributed by atoms with Crippen LogP contribution in [-0.2, 0) is 11.3 Å². The number of hydrogen-bond donors (Lipinski definition) is 1. The van der Waals surface area contributed by atoms with Crippen LogP contribution in [0.4, 0.5) is 4.79 Å². The number of carboxylic acids is 1. The Morgan fingerprint density at radius 2 is 1.72 bits per heavy atom. The van der Waals surface area contributed by atoms with Crippen LogP contribution in [0.25, 0.3) is 11.1 Å². The van der Waals surface area contributed by atoms with E-state index in [4.69, 9.17) is 21.1 Å². The van der Waals surface area contributed by atoms with Crippen molar-refractivity contribution in [2.24, 2.45) is 0 Å². The van der Waals surface area contributed by atoms with Gasteiger partial charge in [-0.25, -0.2) is 9.59 Å². The summed E-state index contributed by atoms with van der Waals surface area (Å²) in [5.41, 5.74) is 5.20. The van der Waals surface area contributed by atoms with E-state index in [1.807, 2.05) is 24.3 Å². The van der Waals surface area contributed by atoms with Crippen LogP contribution < -0.4 is 4.74 Å². The van der Waals surface area contributed by atoms with Crippen molar-refractivity contribution < 1.29 is 24.2 Å². The minimum absolute atomic E-state index is 0.0325. The number of carboxylic acid groups (broad SMARTS) is 1. The molecule has 0 saturated heterocycles. The Morgan fingerprint density at radius 1 is 1.06 bits per heavy atom. The number of carbonyl (C=O) groups excluding carboxylic acids is 1. The van der Waals surface area contributed by atoms with Gasteiger partial charge in [0.25, 0.3) is 0 Å². The van der Waals surface area contributed by atoms with Gasteiger partial charge in [-0.3, -0.25) is 0 Å². The molecule has 0 bridgehead atoms. The molecule has 0 unspecified atom stereocenters. The zero-order chi connectivity index (χ0) is 22.2. The Balaban J connectivity index is 1.35. The summed E-state index contributed by atoms with van der Waals surface area (Å²) >= 11 is 6.21. The van der Waals surface area contributed by atoms with Crippen LogP contribution in [0.3, 0.4) is 0 Å². The van der Waals surface area contributed by atoms with E-state index in [0.29, 0.717) is 17.9 Å². The largest absolute Gasteiger partial charge is 0.490 e. The van der Waals surface area contributed by atoms with Gasteiger partial charge in [-0.15, -0.1) is 0 Å². The number of nitrogens with zero attached hydrogens (tertiary/aromatic N) is 1. The number of ether oxygens (including phenoxy) is 2. The predicted octanol–water partition coefficient (Wildman–Crippen LogP) is 5.18. The van der Waals surface area contributed by atoms with E-state index < -0.39 is 12.1 Å². The third-order valence-electron chi connectivity index (χ3n) is 5.93. The van der Waals surface area contributed by atoms with Crippen LogP contribution in [0, 0.1) is 0 Å². The van der Waals surface area contributed by atoms with Crippen LogP contribution in [0.5, 0.6) is 5.75 Å². The minimum Gasteiger partial charge on any atom is -0.490 e. The number of benzene rings is 3. The van der Waals surface area contributed by atoms with Crippen molar-refractivity contribution in [3.8, 4) is 16.9 Å². The van der Waals surface area contributed by atoms with E-state index in [2.05, 4.69) is 24.3 Å². The smallest absolute Gasteiger partial charge is 0.410 e. The molecule has 0 spiro atoms. The molecule has 5 rings (SSSR count). The molecule has 0 atom stereocenters. The third-order valence-corrected chi connectivity index (χ3v) is 6.21. The highest BCUT2D eigenvalue weighted by atomic mass is 35.5. The zero-order valence-electron chi connectivity index (χ0n) is 17.1. The van der Waals surface area contributed by atoms with Crippen molar-refractivity contribution in [2.75, 3.05) is 19.8 Å². The normalized spacial score (nSPS) is 14.6. The number of amides is 1. The van der Waals surface area contributed by atoms with Gasteiger partial charge in [-0.2, -0.15) is 0 Å². The highest BCUT2D eigenvalue weighted by Crippen LogP contribution is 2.44.